The first-order valence-electron chi connectivity index (χ1n) is 6.12. The number of benzene rings is 1. The van der Waals surface area contributed by atoms with Crippen LogP contribution in [0.5, 0.6) is 0 Å². The highest BCUT2D eigenvalue weighted by Crippen LogP contribution is 2.40. The van der Waals surface area contributed by atoms with Gasteiger partial charge in [-0.15, -0.1) is 0 Å². The van der Waals surface area contributed by atoms with E-state index in [1.807, 2.05) is 20.8 Å². The molecule has 18 heavy (non-hydrogen) atoms. The Labute approximate surface area is 109 Å². The second kappa shape index (κ2) is 4.24. The molecule has 0 heterocycles. The number of anilines is 1. The van der Waals surface area contributed by atoms with Crippen LogP contribution in [0.25, 0.3) is 0 Å². The zero-order valence-corrected chi connectivity index (χ0v) is 11.8. The summed E-state index contributed by atoms with van der Waals surface area (Å²) < 4.78 is 27.3. The minimum absolute atomic E-state index is 0.235. The lowest BCUT2D eigenvalue weighted by Gasteiger charge is -2.25. The van der Waals surface area contributed by atoms with E-state index in [2.05, 4.69) is 4.72 Å². The summed E-state index contributed by atoms with van der Waals surface area (Å²) in [6.45, 7) is 5.72. The molecule has 2 rings (SSSR count). The summed E-state index contributed by atoms with van der Waals surface area (Å²) in [4.78, 5) is 0.235. The largest absolute Gasteiger partial charge is 0.398 e. The van der Waals surface area contributed by atoms with Crippen LogP contribution < -0.4 is 10.5 Å². The molecule has 0 aromatic heterocycles. The van der Waals surface area contributed by atoms with E-state index in [0.717, 1.165) is 18.4 Å². The normalized spacial score (nSPS) is 16.8. The van der Waals surface area contributed by atoms with Crippen LogP contribution in [0.15, 0.2) is 23.1 Å². The number of rotatable bonds is 4. The second-order valence-electron chi connectivity index (χ2n) is 5.62. The van der Waals surface area contributed by atoms with Crippen LogP contribution in [0.2, 0.25) is 0 Å². The van der Waals surface area contributed by atoms with Crippen LogP contribution in [-0.2, 0) is 10.0 Å². The van der Waals surface area contributed by atoms with E-state index in [0.29, 0.717) is 11.6 Å². The maximum Gasteiger partial charge on any atom is 0.241 e. The molecule has 1 aromatic carbocycles. The Kier molecular flexibility index (Phi) is 3.15. The predicted molar refractivity (Wildman–Crippen MR) is 72.7 cm³/mol. The van der Waals surface area contributed by atoms with Gasteiger partial charge in [-0.05, 0) is 57.2 Å². The highest BCUT2D eigenvalue weighted by atomic mass is 32.2. The third kappa shape index (κ3) is 2.67. The molecule has 0 aliphatic heterocycles. The highest BCUT2D eigenvalue weighted by Gasteiger charge is 2.40. The van der Waals surface area contributed by atoms with Gasteiger partial charge in [0.1, 0.15) is 0 Å². The van der Waals surface area contributed by atoms with Gasteiger partial charge in [0.15, 0.2) is 0 Å². The minimum atomic E-state index is -3.49. The number of nitrogens with two attached hydrogens (primary N) is 1. The van der Waals surface area contributed by atoms with Gasteiger partial charge in [-0.2, -0.15) is 0 Å². The van der Waals surface area contributed by atoms with Crippen molar-refractivity contribution in [1.29, 1.82) is 0 Å². The molecule has 3 N–H and O–H groups in total. The molecule has 0 bridgehead atoms. The highest BCUT2D eigenvalue weighted by molar-refractivity contribution is 7.89. The van der Waals surface area contributed by atoms with Crippen LogP contribution in [-0.4, -0.2) is 14.0 Å². The van der Waals surface area contributed by atoms with Crippen molar-refractivity contribution in [2.75, 3.05) is 5.73 Å². The maximum atomic E-state index is 12.3. The molecule has 1 aromatic rings. The van der Waals surface area contributed by atoms with Crippen molar-refractivity contribution >= 4 is 15.7 Å². The first-order chi connectivity index (χ1) is 8.22. The van der Waals surface area contributed by atoms with Crippen LogP contribution >= 0.6 is 0 Å². The Bertz CT molecular complexity index is 560. The number of hydrogen-bond donors (Lipinski definition) is 2. The Balaban J connectivity index is 2.27. The SMILES string of the molecule is Cc1ccc(S(=O)(=O)NC(C)(C)C2CC2)cc1N. The fraction of sp³-hybridized carbons (Fsp3) is 0.538. The average molecular weight is 268 g/mol. The smallest absolute Gasteiger partial charge is 0.241 e. The van der Waals surface area contributed by atoms with Gasteiger partial charge < -0.3 is 5.73 Å². The lowest BCUT2D eigenvalue weighted by atomic mass is 10.0. The van der Waals surface area contributed by atoms with Crippen molar-refractivity contribution in [2.45, 2.75) is 44.0 Å². The van der Waals surface area contributed by atoms with Crippen molar-refractivity contribution in [3.05, 3.63) is 23.8 Å². The average Bonchev–Trinajstić information content (AvgIpc) is 3.03. The molecule has 0 amide bonds. The van der Waals surface area contributed by atoms with E-state index >= 15 is 0 Å². The molecule has 5 heteroatoms. The molecule has 1 saturated carbocycles. The molecule has 100 valence electrons. The molecule has 0 saturated heterocycles. The van der Waals surface area contributed by atoms with Gasteiger partial charge in [0.25, 0.3) is 0 Å². The molecule has 4 nitrogen and oxygen atoms in total. The van der Waals surface area contributed by atoms with Gasteiger partial charge in [0.05, 0.1) is 4.90 Å². The minimum Gasteiger partial charge on any atom is -0.398 e. The molecule has 0 unspecified atom stereocenters. The Morgan fingerprint density at radius 2 is 1.94 bits per heavy atom. The summed E-state index contributed by atoms with van der Waals surface area (Å²) in [7, 11) is -3.49. The van der Waals surface area contributed by atoms with Crippen molar-refractivity contribution in [3.8, 4) is 0 Å². The van der Waals surface area contributed by atoms with Crippen LogP contribution in [0.4, 0.5) is 5.69 Å². The van der Waals surface area contributed by atoms with Gasteiger partial charge >= 0.3 is 0 Å². The topological polar surface area (TPSA) is 72.2 Å². The third-order valence-corrected chi connectivity index (χ3v) is 5.23. The molecule has 0 spiro atoms. The third-order valence-electron chi connectivity index (χ3n) is 3.56. The van der Waals surface area contributed by atoms with E-state index in [1.54, 1.807) is 12.1 Å². The number of nitrogens with one attached hydrogen (secondary N) is 1. The summed E-state index contributed by atoms with van der Waals surface area (Å²) in [6.07, 6.45) is 2.18. The summed E-state index contributed by atoms with van der Waals surface area (Å²) in [5.41, 5.74) is 6.76. The van der Waals surface area contributed by atoms with Crippen LogP contribution in [0.1, 0.15) is 32.3 Å². The zero-order valence-electron chi connectivity index (χ0n) is 11.0. The molecular formula is C13H20N2O2S. The van der Waals surface area contributed by atoms with Crippen molar-refractivity contribution in [1.82, 2.24) is 4.72 Å². The van der Waals surface area contributed by atoms with Gasteiger partial charge in [-0.1, -0.05) is 6.07 Å². The van der Waals surface area contributed by atoms with Gasteiger partial charge in [0.2, 0.25) is 10.0 Å². The lowest BCUT2D eigenvalue weighted by Crippen LogP contribution is -2.45. The fourth-order valence-corrected chi connectivity index (χ4v) is 3.59. The second-order valence-corrected chi connectivity index (χ2v) is 7.30. The van der Waals surface area contributed by atoms with E-state index < -0.39 is 15.6 Å². The van der Waals surface area contributed by atoms with E-state index in [-0.39, 0.29) is 4.90 Å². The molecular weight excluding hydrogens is 248 g/mol. The molecule has 1 aliphatic carbocycles. The van der Waals surface area contributed by atoms with Gasteiger partial charge in [-0.25, -0.2) is 13.1 Å². The van der Waals surface area contributed by atoms with Crippen molar-refractivity contribution in [2.24, 2.45) is 5.92 Å². The molecule has 1 fully saturated rings. The first-order valence-corrected chi connectivity index (χ1v) is 7.61. The van der Waals surface area contributed by atoms with E-state index in [9.17, 15) is 8.42 Å². The van der Waals surface area contributed by atoms with E-state index in [4.69, 9.17) is 5.73 Å². The molecule has 0 radical (unpaired) electrons. The van der Waals surface area contributed by atoms with E-state index in [1.165, 1.54) is 6.07 Å². The summed E-state index contributed by atoms with van der Waals surface area (Å²) in [5, 5.41) is 0. The summed E-state index contributed by atoms with van der Waals surface area (Å²) in [6, 6.07) is 4.84. The molecule has 1 aliphatic rings. The Hall–Kier alpha value is -1.07. The zero-order chi connectivity index (χ0) is 13.6. The fourth-order valence-electron chi connectivity index (χ4n) is 2.08. The maximum absolute atomic E-state index is 12.3. The summed E-state index contributed by atoms with van der Waals surface area (Å²) >= 11 is 0. The summed E-state index contributed by atoms with van der Waals surface area (Å²) in [5.74, 6) is 0.440. The van der Waals surface area contributed by atoms with Crippen molar-refractivity contribution in [3.63, 3.8) is 0 Å². The van der Waals surface area contributed by atoms with Crippen LogP contribution in [0, 0.1) is 12.8 Å². The monoisotopic (exact) mass is 268 g/mol. The first kappa shape index (κ1) is 13.4. The number of sulfonamides is 1. The Morgan fingerprint density at radius 3 is 2.44 bits per heavy atom. The standard InChI is InChI=1S/C13H20N2O2S/c1-9-4-7-11(8-12(9)14)18(16,17)15-13(2,3)10-5-6-10/h4,7-8,10,15H,5-6,14H2,1-3H3. The predicted octanol–water partition coefficient (Wildman–Crippen LogP) is 2.04. The van der Waals surface area contributed by atoms with Crippen LogP contribution in [0.3, 0.4) is 0 Å². The van der Waals surface area contributed by atoms with Gasteiger partial charge in [-0.3, -0.25) is 0 Å². The number of hydrogen-bond acceptors (Lipinski definition) is 3. The number of aryl methyl sites for hydroxylation is 1. The number of nitrogen functional groups attached to an aromatic ring is 1. The Morgan fingerprint density at radius 1 is 1.33 bits per heavy atom. The quantitative estimate of drug-likeness (QED) is 0.821. The lowest BCUT2D eigenvalue weighted by molar-refractivity contribution is 0.400. The van der Waals surface area contributed by atoms with Crippen molar-refractivity contribution < 1.29 is 8.42 Å². The molecule has 0 atom stereocenters. The van der Waals surface area contributed by atoms with Gasteiger partial charge in [0, 0.05) is 11.2 Å².